The van der Waals surface area contributed by atoms with Gasteiger partial charge in [-0.25, -0.2) is 14.6 Å². The number of hydrogen-bond donors (Lipinski definition) is 1. The molecule has 3 aromatic rings. The SMILES string of the molecule is O=C(NCCn1ncc2c(N3CCOCC3)ncnc21)c1ccccc1. The van der Waals surface area contributed by atoms with Crippen LogP contribution in [0, 0.1) is 0 Å². The van der Waals surface area contributed by atoms with Crippen molar-refractivity contribution >= 4 is 22.8 Å². The highest BCUT2D eigenvalue weighted by Gasteiger charge is 2.17. The third-order valence-corrected chi connectivity index (χ3v) is 4.37. The first kappa shape index (κ1) is 16.5. The van der Waals surface area contributed by atoms with Crippen molar-refractivity contribution in [1.29, 1.82) is 0 Å². The van der Waals surface area contributed by atoms with Gasteiger partial charge in [0.25, 0.3) is 5.91 Å². The molecular formula is C18H20N6O2. The number of ether oxygens (including phenoxy) is 1. The van der Waals surface area contributed by atoms with Crippen molar-refractivity contribution in [1.82, 2.24) is 25.1 Å². The maximum absolute atomic E-state index is 12.1. The second-order valence-electron chi connectivity index (χ2n) is 6.02. The Morgan fingerprint density at radius 1 is 1.15 bits per heavy atom. The van der Waals surface area contributed by atoms with Gasteiger partial charge in [0.1, 0.15) is 12.1 Å². The van der Waals surface area contributed by atoms with Crippen molar-refractivity contribution in [2.75, 3.05) is 37.7 Å². The number of aromatic nitrogens is 4. The molecule has 2 aromatic heterocycles. The van der Waals surface area contributed by atoms with Gasteiger partial charge in [0.15, 0.2) is 5.65 Å². The molecule has 1 N–H and O–H groups in total. The summed E-state index contributed by atoms with van der Waals surface area (Å²) in [5.41, 5.74) is 1.42. The van der Waals surface area contributed by atoms with Crippen LogP contribution in [0.5, 0.6) is 0 Å². The lowest BCUT2D eigenvalue weighted by molar-refractivity contribution is 0.0952. The second-order valence-corrected chi connectivity index (χ2v) is 6.02. The molecule has 1 amide bonds. The van der Waals surface area contributed by atoms with E-state index in [9.17, 15) is 4.79 Å². The lowest BCUT2D eigenvalue weighted by Gasteiger charge is -2.27. The molecular weight excluding hydrogens is 332 g/mol. The van der Waals surface area contributed by atoms with Crippen LogP contribution in [-0.4, -0.2) is 58.5 Å². The third kappa shape index (κ3) is 3.36. The van der Waals surface area contributed by atoms with Crippen LogP contribution in [0.25, 0.3) is 11.0 Å². The van der Waals surface area contributed by atoms with Crippen LogP contribution in [-0.2, 0) is 11.3 Å². The highest BCUT2D eigenvalue weighted by molar-refractivity contribution is 5.94. The smallest absolute Gasteiger partial charge is 0.251 e. The van der Waals surface area contributed by atoms with E-state index < -0.39 is 0 Å². The summed E-state index contributed by atoms with van der Waals surface area (Å²) in [7, 11) is 0. The molecule has 0 saturated carbocycles. The number of nitrogens with zero attached hydrogens (tertiary/aromatic N) is 5. The summed E-state index contributed by atoms with van der Waals surface area (Å²) in [4.78, 5) is 23.1. The lowest BCUT2D eigenvalue weighted by atomic mass is 10.2. The van der Waals surface area contributed by atoms with Gasteiger partial charge in [-0.15, -0.1) is 0 Å². The summed E-state index contributed by atoms with van der Waals surface area (Å²) >= 11 is 0. The molecule has 0 spiro atoms. The van der Waals surface area contributed by atoms with Crippen LogP contribution in [0.3, 0.4) is 0 Å². The predicted molar refractivity (Wildman–Crippen MR) is 97.1 cm³/mol. The molecule has 26 heavy (non-hydrogen) atoms. The fraction of sp³-hybridized carbons (Fsp3) is 0.333. The highest BCUT2D eigenvalue weighted by Crippen LogP contribution is 2.23. The normalized spacial score (nSPS) is 14.5. The monoisotopic (exact) mass is 352 g/mol. The van der Waals surface area contributed by atoms with Gasteiger partial charge in [-0.3, -0.25) is 4.79 Å². The number of carbonyl (C=O) groups is 1. The molecule has 0 aliphatic carbocycles. The maximum atomic E-state index is 12.1. The van der Waals surface area contributed by atoms with E-state index in [1.54, 1.807) is 29.3 Å². The van der Waals surface area contributed by atoms with E-state index >= 15 is 0 Å². The number of benzene rings is 1. The van der Waals surface area contributed by atoms with Gasteiger partial charge in [-0.05, 0) is 12.1 Å². The number of nitrogens with one attached hydrogen (secondary N) is 1. The number of morpholine rings is 1. The molecule has 0 bridgehead atoms. The van der Waals surface area contributed by atoms with Crippen molar-refractivity contribution in [2.45, 2.75) is 6.54 Å². The summed E-state index contributed by atoms with van der Waals surface area (Å²) in [5.74, 6) is 0.795. The lowest BCUT2D eigenvalue weighted by Crippen LogP contribution is -2.36. The molecule has 1 aliphatic rings. The molecule has 0 radical (unpaired) electrons. The van der Waals surface area contributed by atoms with Crippen molar-refractivity contribution in [3.8, 4) is 0 Å². The summed E-state index contributed by atoms with van der Waals surface area (Å²) < 4.78 is 7.20. The molecule has 1 saturated heterocycles. The van der Waals surface area contributed by atoms with E-state index in [-0.39, 0.29) is 5.91 Å². The first-order valence-corrected chi connectivity index (χ1v) is 8.65. The zero-order valence-corrected chi connectivity index (χ0v) is 14.3. The number of amides is 1. The summed E-state index contributed by atoms with van der Waals surface area (Å²) in [5, 5.41) is 8.26. The van der Waals surface area contributed by atoms with Crippen LogP contribution < -0.4 is 10.2 Å². The second kappa shape index (κ2) is 7.49. The van der Waals surface area contributed by atoms with E-state index in [2.05, 4.69) is 25.3 Å². The molecule has 134 valence electrons. The zero-order chi connectivity index (χ0) is 17.8. The van der Waals surface area contributed by atoms with E-state index in [0.29, 0.717) is 31.9 Å². The fourth-order valence-electron chi connectivity index (χ4n) is 3.04. The van der Waals surface area contributed by atoms with Crippen molar-refractivity contribution < 1.29 is 9.53 Å². The summed E-state index contributed by atoms with van der Waals surface area (Å²) in [6.07, 6.45) is 3.35. The average Bonchev–Trinajstić information content (AvgIpc) is 3.12. The quantitative estimate of drug-likeness (QED) is 0.740. The summed E-state index contributed by atoms with van der Waals surface area (Å²) in [6.45, 7) is 4.04. The van der Waals surface area contributed by atoms with Crippen LogP contribution in [0.15, 0.2) is 42.9 Å². The van der Waals surface area contributed by atoms with Gasteiger partial charge in [-0.1, -0.05) is 18.2 Å². The number of hydrogen-bond acceptors (Lipinski definition) is 6. The Kier molecular flexibility index (Phi) is 4.74. The summed E-state index contributed by atoms with van der Waals surface area (Å²) in [6, 6.07) is 9.17. The standard InChI is InChI=1S/C18H20N6O2/c25-18(14-4-2-1-3-5-14)19-6-7-24-17-15(12-22-24)16(20-13-21-17)23-8-10-26-11-9-23/h1-5,12-13H,6-11H2,(H,19,25). The Morgan fingerprint density at radius 2 is 1.96 bits per heavy atom. The van der Waals surface area contributed by atoms with Crippen molar-refractivity contribution in [3.63, 3.8) is 0 Å². The molecule has 4 rings (SSSR count). The largest absolute Gasteiger partial charge is 0.378 e. The molecule has 1 fully saturated rings. The first-order chi connectivity index (χ1) is 12.8. The van der Waals surface area contributed by atoms with Crippen LogP contribution >= 0.6 is 0 Å². The number of fused-ring (bicyclic) bond motifs is 1. The molecule has 3 heterocycles. The van der Waals surface area contributed by atoms with Gasteiger partial charge in [-0.2, -0.15) is 5.10 Å². The first-order valence-electron chi connectivity index (χ1n) is 8.65. The zero-order valence-electron chi connectivity index (χ0n) is 14.3. The molecule has 8 heteroatoms. The molecule has 0 atom stereocenters. The van der Waals surface area contributed by atoms with Crippen molar-refractivity contribution in [3.05, 3.63) is 48.4 Å². The minimum Gasteiger partial charge on any atom is -0.378 e. The van der Waals surface area contributed by atoms with Crippen LogP contribution in [0.4, 0.5) is 5.82 Å². The van der Waals surface area contributed by atoms with Gasteiger partial charge >= 0.3 is 0 Å². The van der Waals surface area contributed by atoms with E-state index in [1.165, 1.54) is 0 Å². The Morgan fingerprint density at radius 3 is 2.77 bits per heavy atom. The highest BCUT2D eigenvalue weighted by atomic mass is 16.5. The van der Waals surface area contributed by atoms with Crippen LogP contribution in [0.1, 0.15) is 10.4 Å². The number of carbonyl (C=O) groups excluding carboxylic acids is 1. The van der Waals surface area contributed by atoms with Gasteiger partial charge in [0.2, 0.25) is 0 Å². The van der Waals surface area contributed by atoms with Gasteiger partial charge in [0, 0.05) is 25.2 Å². The third-order valence-electron chi connectivity index (χ3n) is 4.37. The molecule has 0 unspecified atom stereocenters. The molecule has 1 aromatic carbocycles. The van der Waals surface area contributed by atoms with E-state index in [0.717, 1.165) is 29.9 Å². The van der Waals surface area contributed by atoms with Gasteiger partial charge in [0.05, 0.1) is 31.3 Å². The van der Waals surface area contributed by atoms with E-state index in [1.807, 2.05) is 18.2 Å². The molecule has 8 nitrogen and oxygen atoms in total. The Balaban J connectivity index is 1.45. The Hall–Kier alpha value is -3.00. The number of anilines is 1. The fourth-order valence-corrected chi connectivity index (χ4v) is 3.04. The van der Waals surface area contributed by atoms with E-state index in [4.69, 9.17) is 4.74 Å². The van der Waals surface area contributed by atoms with Crippen LogP contribution in [0.2, 0.25) is 0 Å². The maximum Gasteiger partial charge on any atom is 0.251 e. The predicted octanol–water partition coefficient (Wildman–Crippen LogP) is 1.09. The number of rotatable bonds is 5. The minimum atomic E-state index is -0.0920. The van der Waals surface area contributed by atoms with Gasteiger partial charge < -0.3 is 15.0 Å². The average molecular weight is 352 g/mol. The topological polar surface area (TPSA) is 85.2 Å². The Bertz CT molecular complexity index is 889. The van der Waals surface area contributed by atoms with Crippen molar-refractivity contribution in [2.24, 2.45) is 0 Å². The minimum absolute atomic E-state index is 0.0920. The molecule has 1 aliphatic heterocycles. The Labute approximate surface area is 150 Å².